The SMILES string of the molecule is Cc1nccc(N2CCC(CNC(=O)CCc3ccncc3)CC2)n1. The van der Waals surface area contributed by atoms with Gasteiger partial charge in [-0.3, -0.25) is 9.78 Å². The summed E-state index contributed by atoms with van der Waals surface area (Å²) >= 11 is 0. The molecule has 1 amide bonds. The lowest BCUT2D eigenvalue weighted by atomic mass is 9.96. The number of carbonyl (C=O) groups excluding carboxylic acids is 1. The fourth-order valence-corrected chi connectivity index (χ4v) is 3.14. The largest absolute Gasteiger partial charge is 0.356 e. The van der Waals surface area contributed by atoms with Crippen molar-refractivity contribution in [3.05, 3.63) is 48.2 Å². The van der Waals surface area contributed by atoms with E-state index in [1.165, 1.54) is 0 Å². The Bertz CT molecular complexity index is 683. The van der Waals surface area contributed by atoms with E-state index >= 15 is 0 Å². The molecule has 0 bridgehead atoms. The van der Waals surface area contributed by atoms with Gasteiger partial charge in [0.1, 0.15) is 11.6 Å². The van der Waals surface area contributed by atoms with E-state index in [0.29, 0.717) is 12.3 Å². The highest BCUT2D eigenvalue weighted by Crippen LogP contribution is 2.21. The molecule has 132 valence electrons. The van der Waals surface area contributed by atoms with Crippen LogP contribution in [0, 0.1) is 12.8 Å². The molecule has 0 atom stereocenters. The van der Waals surface area contributed by atoms with Gasteiger partial charge in [0, 0.05) is 44.6 Å². The smallest absolute Gasteiger partial charge is 0.220 e. The molecule has 25 heavy (non-hydrogen) atoms. The Morgan fingerprint density at radius 1 is 1.20 bits per heavy atom. The van der Waals surface area contributed by atoms with Gasteiger partial charge in [-0.05, 0) is 55.9 Å². The molecule has 1 saturated heterocycles. The third-order valence-corrected chi connectivity index (χ3v) is 4.68. The highest BCUT2D eigenvalue weighted by Gasteiger charge is 2.20. The molecule has 1 N–H and O–H groups in total. The Morgan fingerprint density at radius 3 is 2.68 bits per heavy atom. The van der Waals surface area contributed by atoms with Gasteiger partial charge in [-0.2, -0.15) is 0 Å². The van der Waals surface area contributed by atoms with Crippen LogP contribution in [0.4, 0.5) is 5.82 Å². The summed E-state index contributed by atoms with van der Waals surface area (Å²) in [5.74, 6) is 2.49. The van der Waals surface area contributed by atoms with Crippen molar-refractivity contribution >= 4 is 11.7 Å². The lowest BCUT2D eigenvalue weighted by Crippen LogP contribution is -2.39. The van der Waals surface area contributed by atoms with Gasteiger partial charge >= 0.3 is 0 Å². The molecule has 2 aromatic rings. The zero-order valence-electron chi connectivity index (χ0n) is 14.7. The number of nitrogens with one attached hydrogen (secondary N) is 1. The van der Waals surface area contributed by atoms with Gasteiger partial charge in [0.05, 0.1) is 0 Å². The minimum Gasteiger partial charge on any atom is -0.356 e. The molecular weight excluding hydrogens is 314 g/mol. The summed E-state index contributed by atoms with van der Waals surface area (Å²) < 4.78 is 0. The minimum atomic E-state index is 0.130. The van der Waals surface area contributed by atoms with Crippen molar-refractivity contribution in [3.8, 4) is 0 Å². The second-order valence-electron chi connectivity index (χ2n) is 6.55. The maximum atomic E-state index is 12.0. The van der Waals surface area contributed by atoms with Gasteiger partial charge in [0.25, 0.3) is 0 Å². The number of pyridine rings is 1. The molecule has 6 heteroatoms. The van der Waals surface area contributed by atoms with Crippen molar-refractivity contribution in [2.75, 3.05) is 24.5 Å². The molecule has 2 aromatic heterocycles. The number of nitrogens with zero attached hydrogens (tertiary/aromatic N) is 4. The molecule has 3 heterocycles. The monoisotopic (exact) mass is 339 g/mol. The van der Waals surface area contributed by atoms with E-state index in [-0.39, 0.29) is 5.91 Å². The Morgan fingerprint density at radius 2 is 1.96 bits per heavy atom. The van der Waals surface area contributed by atoms with E-state index in [4.69, 9.17) is 0 Å². The number of aromatic nitrogens is 3. The summed E-state index contributed by atoms with van der Waals surface area (Å²) in [6.07, 6.45) is 8.79. The van der Waals surface area contributed by atoms with E-state index in [9.17, 15) is 4.79 Å². The van der Waals surface area contributed by atoms with Crippen LogP contribution in [0.1, 0.15) is 30.7 Å². The van der Waals surface area contributed by atoms with Crippen molar-refractivity contribution in [1.82, 2.24) is 20.3 Å². The van der Waals surface area contributed by atoms with Gasteiger partial charge in [-0.25, -0.2) is 9.97 Å². The third-order valence-electron chi connectivity index (χ3n) is 4.68. The molecule has 1 aliphatic heterocycles. The standard InChI is InChI=1S/C19H25N5O/c1-15-21-11-6-18(23-15)24-12-7-17(8-13-24)14-22-19(25)3-2-16-4-9-20-10-5-16/h4-6,9-11,17H,2-3,7-8,12-14H2,1H3,(H,22,25). The normalized spacial score (nSPS) is 15.2. The summed E-state index contributed by atoms with van der Waals surface area (Å²) in [5, 5.41) is 3.09. The maximum absolute atomic E-state index is 12.0. The number of anilines is 1. The lowest BCUT2D eigenvalue weighted by molar-refractivity contribution is -0.121. The first-order valence-electron chi connectivity index (χ1n) is 8.91. The molecule has 3 rings (SSSR count). The van der Waals surface area contributed by atoms with Crippen LogP contribution in [0.15, 0.2) is 36.8 Å². The average Bonchev–Trinajstić information content (AvgIpc) is 2.66. The number of piperidine rings is 1. The number of rotatable bonds is 6. The number of hydrogen-bond donors (Lipinski definition) is 1. The zero-order chi connectivity index (χ0) is 17.5. The summed E-state index contributed by atoms with van der Waals surface area (Å²) in [6.45, 7) is 4.64. The Balaban J connectivity index is 1.37. The van der Waals surface area contributed by atoms with Crippen molar-refractivity contribution < 1.29 is 4.79 Å². The van der Waals surface area contributed by atoms with E-state index in [1.54, 1.807) is 12.4 Å². The summed E-state index contributed by atoms with van der Waals surface area (Å²) in [6, 6.07) is 5.88. The quantitative estimate of drug-likeness (QED) is 0.873. The number of hydrogen-bond acceptors (Lipinski definition) is 5. The predicted octanol–water partition coefficient (Wildman–Crippen LogP) is 2.15. The molecule has 0 unspecified atom stereocenters. The number of amides is 1. The summed E-state index contributed by atoms with van der Waals surface area (Å²) in [4.78, 5) is 27.0. The second kappa shape index (κ2) is 8.55. The van der Waals surface area contributed by atoms with Crippen LogP contribution in [-0.2, 0) is 11.2 Å². The molecule has 0 aromatic carbocycles. The second-order valence-corrected chi connectivity index (χ2v) is 6.55. The Hall–Kier alpha value is -2.50. The third kappa shape index (κ3) is 5.24. The summed E-state index contributed by atoms with van der Waals surface area (Å²) in [7, 11) is 0. The molecular formula is C19H25N5O. The first kappa shape index (κ1) is 17.3. The van der Waals surface area contributed by atoms with Crippen LogP contribution in [0.25, 0.3) is 0 Å². The van der Waals surface area contributed by atoms with Gasteiger partial charge in [-0.15, -0.1) is 0 Å². The molecule has 0 saturated carbocycles. The van der Waals surface area contributed by atoms with Gasteiger partial charge < -0.3 is 10.2 Å². The van der Waals surface area contributed by atoms with Crippen LogP contribution in [-0.4, -0.2) is 40.5 Å². The van der Waals surface area contributed by atoms with Gasteiger partial charge in [-0.1, -0.05) is 0 Å². The molecule has 1 fully saturated rings. The number of carbonyl (C=O) groups is 1. The van der Waals surface area contributed by atoms with Crippen LogP contribution in [0.3, 0.4) is 0 Å². The molecule has 1 aliphatic rings. The van der Waals surface area contributed by atoms with Crippen LogP contribution in [0.2, 0.25) is 0 Å². The van der Waals surface area contributed by atoms with Crippen molar-refractivity contribution in [2.45, 2.75) is 32.6 Å². The molecule has 0 spiro atoms. The lowest BCUT2D eigenvalue weighted by Gasteiger charge is -2.32. The topological polar surface area (TPSA) is 71.0 Å². The Kier molecular flexibility index (Phi) is 5.93. The van der Waals surface area contributed by atoms with Crippen LogP contribution >= 0.6 is 0 Å². The van der Waals surface area contributed by atoms with Crippen molar-refractivity contribution in [1.29, 1.82) is 0 Å². The fourth-order valence-electron chi connectivity index (χ4n) is 3.14. The highest BCUT2D eigenvalue weighted by molar-refractivity contribution is 5.76. The minimum absolute atomic E-state index is 0.130. The van der Waals surface area contributed by atoms with Crippen molar-refractivity contribution in [3.63, 3.8) is 0 Å². The molecule has 6 nitrogen and oxygen atoms in total. The maximum Gasteiger partial charge on any atom is 0.220 e. The predicted molar refractivity (Wildman–Crippen MR) is 97.3 cm³/mol. The first-order chi connectivity index (χ1) is 12.2. The first-order valence-corrected chi connectivity index (χ1v) is 8.91. The Labute approximate surface area is 148 Å². The van der Waals surface area contributed by atoms with Crippen LogP contribution < -0.4 is 10.2 Å². The highest BCUT2D eigenvalue weighted by atomic mass is 16.1. The summed E-state index contributed by atoms with van der Waals surface area (Å²) in [5.41, 5.74) is 1.15. The van der Waals surface area contributed by atoms with E-state index in [1.807, 2.05) is 31.3 Å². The van der Waals surface area contributed by atoms with E-state index in [2.05, 4.69) is 25.2 Å². The van der Waals surface area contributed by atoms with Gasteiger partial charge in [0.15, 0.2) is 0 Å². The zero-order valence-corrected chi connectivity index (χ0v) is 14.7. The van der Waals surface area contributed by atoms with E-state index < -0.39 is 0 Å². The van der Waals surface area contributed by atoms with E-state index in [0.717, 1.165) is 56.1 Å². The fraction of sp³-hybridized carbons (Fsp3) is 0.474. The van der Waals surface area contributed by atoms with Crippen LogP contribution in [0.5, 0.6) is 0 Å². The van der Waals surface area contributed by atoms with Gasteiger partial charge in [0.2, 0.25) is 5.91 Å². The average molecular weight is 339 g/mol. The van der Waals surface area contributed by atoms with Crippen molar-refractivity contribution in [2.24, 2.45) is 5.92 Å². The molecule has 0 radical (unpaired) electrons. The molecule has 0 aliphatic carbocycles. The number of aryl methyl sites for hydroxylation is 2.